The van der Waals surface area contributed by atoms with E-state index in [9.17, 15) is 4.79 Å². The average molecular weight is 289 g/mol. The quantitative estimate of drug-likeness (QED) is 0.904. The Morgan fingerprint density at radius 3 is 2.89 bits per heavy atom. The summed E-state index contributed by atoms with van der Waals surface area (Å²) in [6.45, 7) is 4.59. The molecule has 1 N–H and O–H groups in total. The van der Waals surface area contributed by atoms with Crippen molar-refractivity contribution in [2.75, 3.05) is 19.6 Å². The van der Waals surface area contributed by atoms with E-state index < -0.39 is 0 Å². The lowest BCUT2D eigenvalue weighted by Crippen LogP contribution is -2.52. The number of rotatable bonds is 2. The molecule has 3 nitrogen and oxygen atoms in total. The first-order chi connectivity index (χ1) is 8.18. The second kappa shape index (κ2) is 6.98. The van der Waals surface area contributed by atoms with Crippen molar-refractivity contribution in [3.05, 3.63) is 34.9 Å². The fraction of sp³-hybridized carbons (Fsp3) is 0.462. The van der Waals surface area contributed by atoms with Crippen molar-refractivity contribution in [1.82, 2.24) is 10.2 Å². The lowest BCUT2D eigenvalue weighted by atomic mass is 10.1. The van der Waals surface area contributed by atoms with E-state index in [0.717, 1.165) is 25.2 Å². The Morgan fingerprint density at radius 2 is 2.22 bits per heavy atom. The van der Waals surface area contributed by atoms with E-state index in [1.165, 1.54) is 0 Å². The fourth-order valence-electron chi connectivity index (χ4n) is 2.12. The summed E-state index contributed by atoms with van der Waals surface area (Å²) in [6, 6.07) is 7.79. The van der Waals surface area contributed by atoms with E-state index in [4.69, 9.17) is 11.6 Å². The Hall–Kier alpha value is -0.770. The minimum atomic E-state index is 0. The number of amides is 1. The van der Waals surface area contributed by atoms with Crippen LogP contribution in [0.4, 0.5) is 0 Å². The SMILES string of the molecule is CC1CNCCN1C(=O)Cc1ccccc1Cl.Cl. The largest absolute Gasteiger partial charge is 0.337 e. The molecule has 1 amide bonds. The van der Waals surface area contributed by atoms with Crippen LogP contribution in [0, 0.1) is 0 Å². The molecule has 1 aliphatic rings. The molecule has 1 fully saturated rings. The van der Waals surface area contributed by atoms with Gasteiger partial charge in [0.2, 0.25) is 5.91 Å². The minimum Gasteiger partial charge on any atom is -0.337 e. The first-order valence-corrected chi connectivity index (χ1v) is 6.30. The molecule has 5 heteroatoms. The van der Waals surface area contributed by atoms with Crippen molar-refractivity contribution >= 4 is 29.9 Å². The van der Waals surface area contributed by atoms with Crippen molar-refractivity contribution in [1.29, 1.82) is 0 Å². The first-order valence-electron chi connectivity index (χ1n) is 5.92. The Kier molecular flexibility index (Phi) is 5.93. The highest BCUT2D eigenvalue weighted by atomic mass is 35.5. The van der Waals surface area contributed by atoms with Crippen LogP contribution < -0.4 is 5.32 Å². The molecule has 0 aromatic heterocycles. The van der Waals surface area contributed by atoms with Gasteiger partial charge in [-0.3, -0.25) is 4.79 Å². The maximum atomic E-state index is 12.2. The molecule has 1 aromatic carbocycles. The van der Waals surface area contributed by atoms with Crippen molar-refractivity contribution in [3.8, 4) is 0 Å². The standard InChI is InChI=1S/C13H17ClN2O.ClH/c1-10-9-15-6-7-16(10)13(17)8-11-4-2-3-5-12(11)14;/h2-5,10,15H,6-9H2,1H3;1H. The van der Waals surface area contributed by atoms with Gasteiger partial charge >= 0.3 is 0 Å². The third-order valence-corrected chi connectivity index (χ3v) is 3.49. The van der Waals surface area contributed by atoms with Crippen LogP contribution in [-0.2, 0) is 11.2 Å². The van der Waals surface area contributed by atoms with Crippen LogP contribution in [0.3, 0.4) is 0 Å². The maximum absolute atomic E-state index is 12.2. The molecule has 100 valence electrons. The highest BCUT2D eigenvalue weighted by Crippen LogP contribution is 2.17. The van der Waals surface area contributed by atoms with Gasteiger partial charge in [0.05, 0.1) is 6.42 Å². The number of piperazine rings is 1. The number of halogens is 2. The van der Waals surface area contributed by atoms with E-state index in [1.54, 1.807) is 0 Å². The zero-order valence-corrected chi connectivity index (χ0v) is 11.9. The van der Waals surface area contributed by atoms with Gasteiger partial charge in [0, 0.05) is 30.7 Å². The molecule has 1 unspecified atom stereocenters. The van der Waals surface area contributed by atoms with E-state index in [-0.39, 0.29) is 24.4 Å². The molecular weight excluding hydrogens is 271 g/mol. The molecule has 1 saturated heterocycles. The molecule has 1 aromatic rings. The molecular formula is C13H18Cl2N2O. The molecule has 1 atom stereocenters. The van der Waals surface area contributed by atoms with Gasteiger partial charge in [-0.1, -0.05) is 29.8 Å². The number of hydrogen-bond acceptors (Lipinski definition) is 2. The molecule has 0 spiro atoms. The number of hydrogen-bond donors (Lipinski definition) is 1. The van der Waals surface area contributed by atoms with Gasteiger partial charge in [-0.2, -0.15) is 0 Å². The molecule has 0 bridgehead atoms. The van der Waals surface area contributed by atoms with Crippen LogP contribution in [0.15, 0.2) is 24.3 Å². The lowest BCUT2D eigenvalue weighted by Gasteiger charge is -2.34. The van der Waals surface area contributed by atoms with Crippen LogP contribution >= 0.6 is 24.0 Å². The van der Waals surface area contributed by atoms with Gasteiger partial charge < -0.3 is 10.2 Å². The number of benzene rings is 1. The van der Waals surface area contributed by atoms with Crippen LogP contribution in [0.5, 0.6) is 0 Å². The van der Waals surface area contributed by atoms with Gasteiger partial charge in [0.15, 0.2) is 0 Å². The van der Waals surface area contributed by atoms with Gasteiger partial charge in [0.1, 0.15) is 0 Å². The average Bonchev–Trinajstić information content (AvgIpc) is 2.32. The Labute approximate surface area is 119 Å². The number of nitrogens with zero attached hydrogens (tertiary/aromatic N) is 1. The van der Waals surface area contributed by atoms with Crippen molar-refractivity contribution < 1.29 is 4.79 Å². The number of carbonyl (C=O) groups is 1. The minimum absolute atomic E-state index is 0. The van der Waals surface area contributed by atoms with Crippen LogP contribution in [-0.4, -0.2) is 36.5 Å². The monoisotopic (exact) mass is 288 g/mol. The predicted octanol–water partition coefficient (Wildman–Crippen LogP) is 2.12. The maximum Gasteiger partial charge on any atom is 0.227 e. The summed E-state index contributed by atoms with van der Waals surface area (Å²) in [4.78, 5) is 14.1. The van der Waals surface area contributed by atoms with E-state index >= 15 is 0 Å². The molecule has 18 heavy (non-hydrogen) atoms. The zero-order valence-electron chi connectivity index (χ0n) is 10.4. The van der Waals surface area contributed by atoms with Gasteiger partial charge in [0.25, 0.3) is 0 Å². The second-order valence-corrected chi connectivity index (χ2v) is 4.82. The molecule has 0 saturated carbocycles. The second-order valence-electron chi connectivity index (χ2n) is 4.41. The van der Waals surface area contributed by atoms with E-state index in [2.05, 4.69) is 12.2 Å². The zero-order chi connectivity index (χ0) is 12.3. The first kappa shape index (κ1) is 15.3. The van der Waals surface area contributed by atoms with Crippen LogP contribution in [0.2, 0.25) is 5.02 Å². The number of carbonyl (C=O) groups excluding carboxylic acids is 1. The van der Waals surface area contributed by atoms with Gasteiger partial charge in [-0.25, -0.2) is 0 Å². The van der Waals surface area contributed by atoms with Crippen LogP contribution in [0.1, 0.15) is 12.5 Å². The van der Waals surface area contributed by atoms with Gasteiger partial charge in [-0.05, 0) is 18.6 Å². The summed E-state index contributed by atoms with van der Waals surface area (Å²) in [7, 11) is 0. The lowest BCUT2D eigenvalue weighted by molar-refractivity contribution is -0.133. The summed E-state index contributed by atoms with van der Waals surface area (Å²) in [5.41, 5.74) is 0.907. The third kappa shape index (κ3) is 3.61. The van der Waals surface area contributed by atoms with Crippen molar-refractivity contribution in [2.24, 2.45) is 0 Å². The Balaban J connectivity index is 0.00000162. The summed E-state index contributed by atoms with van der Waals surface area (Å²) < 4.78 is 0. The van der Waals surface area contributed by atoms with Crippen LogP contribution in [0.25, 0.3) is 0 Å². The summed E-state index contributed by atoms with van der Waals surface area (Å²) in [5, 5.41) is 3.94. The highest BCUT2D eigenvalue weighted by molar-refractivity contribution is 6.31. The van der Waals surface area contributed by atoms with Crippen molar-refractivity contribution in [3.63, 3.8) is 0 Å². The normalized spacial score (nSPS) is 19.2. The number of nitrogens with one attached hydrogen (secondary N) is 1. The topological polar surface area (TPSA) is 32.3 Å². The third-order valence-electron chi connectivity index (χ3n) is 3.12. The summed E-state index contributed by atoms with van der Waals surface area (Å²) in [6.07, 6.45) is 0.393. The van der Waals surface area contributed by atoms with E-state index in [1.807, 2.05) is 29.2 Å². The molecule has 1 aliphatic heterocycles. The fourth-order valence-corrected chi connectivity index (χ4v) is 2.32. The Morgan fingerprint density at radius 1 is 1.50 bits per heavy atom. The molecule has 0 radical (unpaired) electrons. The summed E-state index contributed by atoms with van der Waals surface area (Å²) in [5.74, 6) is 0.159. The summed E-state index contributed by atoms with van der Waals surface area (Å²) >= 11 is 6.06. The Bertz CT molecular complexity index is 412. The highest BCUT2D eigenvalue weighted by Gasteiger charge is 2.23. The molecule has 1 heterocycles. The van der Waals surface area contributed by atoms with Crippen molar-refractivity contribution in [2.45, 2.75) is 19.4 Å². The predicted molar refractivity (Wildman–Crippen MR) is 76.4 cm³/mol. The molecule has 0 aliphatic carbocycles. The van der Waals surface area contributed by atoms with E-state index in [0.29, 0.717) is 11.4 Å². The smallest absolute Gasteiger partial charge is 0.227 e. The van der Waals surface area contributed by atoms with Gasteiger partial charge in [-0.15, -0.1) is 12.4 Å². The molecule has 2 rings (SSSR count).